The average molecular weight is 406 g/mol. The van der Waals surface area contributed by atoms with E-state index in [9.17, 15) is 13.2 Å². The molecule has 0 radical (unpaired) electrons. The van der Waals surface area contributed by atoms with Gasteiger partial charge in [-0.05, 0) is 50.5 Å². The standard InChI is InChI=1S/C19H23FN4O3S/c1-14-4-3-5-17(12-14)28(26,27)19(2,20)15-7-10-24(11-8-15)18(25)23-16-6-9-21-22-13-16/h3-6,9,12-13,15H,7-8,10-11H2,1-2H3,(H,21,23,25). The summed E-state index contributed by atoms with van der Waals surface area (Å²) in [5.74, 6) is -0.690. The number of anilines is 1. The fourth-order valence-electron chi connectivity index (χ4n) is 3.40. The van der Waals surface area contributed by atoms with Crippen LogP contribution in [0.2, 0.25) is 0 Å². The van der Waals surface area contributed by atoms with Crippen LogP contribution in [0.5, 0.6) is 0 Å². The van der Waals surface area contributed by atoms with Crippen molar-refractivity contribution in [3.05, 3.63) is 48.3 Å². The Bertz CT molecular complexity index is 943. The highest BCUT2D eigenvalue weighted by molar-refractivity contribution is 7.92. The number of benzene rings is 1. The second-order valence-corrected chi connectivity index (χ2v) is 9.40. The van der Waals surface area contributed by atoms with Crippen LogP contribution in [-0.4, -0.2) is 47.6 Å². The highest BCUT2D eigenvalue weighted by Crippen LogP contribution is 2.39. The fourth-order valence-corrected chi connectivity index (χ4v) is 5.13. The molecule has 1 unspecified atom stereocenters. The number of carbonyl (C=O) groups excluding carboxylic acids is 1. The first-order valence-corrected chi connectivity index (χ1v) is 10.5. The summed E-state index contributed by atoms with van der Waals surface area (Å²) in [4.78, 5) is 13.9. The summed E-state index contributed by atoms with van der Waals surface area (Å²) < 4.78 is 41.3. The molecule has 1 saturated heterocycles. The molecule has 1 aromatic heterocycles. The number of urea groups is 1. The predicted molar refractivity (Wildman–Crippen MR) is 103 cm³/mol. The lowest BCUT2D eigenvalue weighted by Crippen LogP contribution is -2.48. The fraction of sp³-hybridized carbons (Fsp3) is 0.421. The number of rotatable bonds is 4. The molecular formula is C19H23FN4O3S. The number of nitrogens with zero attached hydrogens (tertiary/aromatic N) is 3. The van der Waals surface area contributed by atoms with Gasteiger partial charge in [0.15, 0.2) is 0 Å². The van der Waals surface area contributed by atoms with Gasteiger partial charge in [-0.25, -0.2) is 17.6 Å². The van der Waals surface area contributed by atoms with E-state index in [0.29, 0.717) is 5.69 Å². The van der Waals surface area contributed by atoms with Gasteiger partial charge < -0.3 is 10.2 Å². The second kappa shape index (κ2) is 7.83. The Labute approximate surface area is 163 Å². The molecule has 1 N–H and O–H groups in total. The topological polar surface area (TPSA) is 92.3 Å². The molecular weight excluding hydrogens is 383 g/mol. The molecule has 28 heavy (non-hydrogen) atoms. The van der Waals surface area contributed by atoms with Gasteiger partial charge in [-0.3, -0.25) is 0 Å². The third kappa shape index (κ3) is 3.99. The van der Waals surface area contributed by atoms with Gasteiger partial charge in [0.05, 0.1) is 23.0 Å². The van der Waals surface area contributed by atoms with E-state index in [-0.39, 0.29) is 36.9 Å². The second-order valence-electron chi connectivity index (χ2n) is 7.13. The minimum Gasteiger partial charge on any atom is -0.325 e. The first-order chi connectivity index (χ1) is 13.2. The lowest BCUT2D eigenvalue weighted by atomic mass is 9.92. The number of amides is 2. The van der Waals surface area contributed by atoms with Crippen molar-refractivity contribution in [3.8, 4) is 0 Å². The Morgan fingerprint density at radius 2 is 1.96 bits per heavy atom. The van der Waals surface area contributed by atoms with Crippen molar-refractivity contribution in [1.82, 2.24) is 15.1 Å². The van der Waals surface area contributed by atoms with Crippen LogP contribution >= 0.6 is 0 Å². The van der Waals surface area contributed by atoms with Crippen molar-refractivity contribution in [2.45, 2.75) is 36.6 Å². The summed E-state index contributed by atoms with van der Waals surface area (Å²) in [6.07, 6.45) is 3.42. The van der Waals surface area contributed by atoms with E-state index in [1.165, 1.54) is 24.5 Å². The summed E-state index contributed by atoms with van der Waals surface area (Å²) in [5.41, 5.74) is 1.27. The molecule has 0 aliphatic carbocycles. The number of aromatic nitrogens is 2. The van der Waals surface area contributed by atoms with E-state index in [4.69, 9.17) is 0 Å². The molecule has 1 aliphatic rings. The van der Waals surface area contributed by atoms with Crippen LogP contribution in [0.15, 0.2) is 47.6 Å². The SMILES string of the molecule is Cc1cccc(S(=O)(=O)C(C)(F)C2CCN(C(=O)Nc3ccnnc3)CC2)c1. The van der Waals surface area contributed by atoms with Gasteiger partial charge in [-0.1, -0.05) is 12.1 Å². The Morgan fingerprint density at radius 1 is 1.25 bits per heavy atom. The molecule has 3 rings (SSSR count). The highest BCUT2D eigenvalue weighted by atomic mass is 32.2. The molecule has 1 fully saturated rings. The van der Waals surface area contributed by atoms with E-state index >= 15 is 4.39 Å². The van der Waals surface area contributed by atoms with Gasteiger partial charge in [-0.15, -0.1) is 0 Å². The van der Waals surface area contributed by atoms with E-state index in [2.05, 4.69) is 15.5 Å². The largest absolute Gasteiger partial charge is 0.325 e. The number of hydrogen-bond donors (Lipinski definition) is 1. The van der Waals surface area contributed by atoms with E-state index in [1.54, 1.807) is 30.0 Å². The van der Waals surface area contributed by atoms with E-state index in [0.717, 1.165) is 12.5 Å². The molecule has 2 aromatic rings. The van der Waals surface area contributed by atoms with Crippen LogP contribution in [0.25, 0.3) is 0 Å². The molecule has 150 valence electrons. The van der Waals surface area contributed by atoms with Crippen LogP contribution in [0, 0.1) is 12.8 Å². The maximum atomic E-state index is 15.5. The quantitative estimate of drug-likeness (QED) is 0.842. The maximum absolute atomic E-state index is 15.5. The molecule has 0 spiro atoms. The Hall–Kier alpha value is -2.55. The number of carbonyl (C=O) groups is 1. The van der Waals surface area contributed by atoms with Crippen molar-refractivity contribution >= 4 is 21.6 Å². The number of aryl methyl sites for hydroxylation is 1. The van der Waals surface area contributed by atoms with Crippen LogP contribution in [0.4, 0.5) is 14.9 Å². The van der Waals surface area contributed by atoms with Crippen LogP contribution < -0.4 is 5.32 Å². The predicted octanol–water partition coefficient (Wildman–Crippen LogP) is 3.19. The molecule has 1 aliphatic heterocycles. The zero-order chi connectivity index (χ0) is 20.4. The van der Waals surface area contributed by atoms with Crippen molar-refractivity contribution in [1.29, 1.82) is 0 Å². The first-order valence-electron chi connectivity index (χ1n) is 9.04. The average Bonchev–Trinajstić information content (AvgIpc) is 2.68. The van der Waals surface area contributed by atoms with Gasteiger partial charge >= 0.3 is 6.03 Å². The van der Waals surface area contributed by atoms with Crippen molar-refractivity contribution in [2.24, 2.45) is 5.92 Å². The highest BCUT2D eigenvalue weighted by Gasteiger charge is 2.48. The molecule has 7 nitrogen and oxygen atoms in total. The smallest absolute Gasteiger partial charge is 0.321 e. The molecule has 0 saturated carbocycles. The van der Waals surface area contributed by atoms with Gasteiger partial charge in [0.1, 0.15) is 0 Å². The summed E-state index contributed by atoms with van der Waals surface area (Å²) in [6.45, 7) is 3.45. The Morgan fingerprint density at radius 3 is 2.57 bits per heavy atom. The maximum Gasteiger partial charge on any atom is 0.321 e. The third-order valence-electron chi connectivity index (χ3n) is 5.17. The number of hydrogen-bond acceptors (Lipinski definition) is 5. The molecule has 9 heteroatoms. The summed E-state index contributed by atoms with van der Waals surface area (Å²) in [7, 11) is -4.15. The Balaban J connectivity index is 1.67. The van der Waals surface area contributed by atoms with Crippen molar-refractivity contribution in [3.63, 3.8) is 0 Å². The summed E-state index contributed by atoms with van der Waals surface area (Å²) in [5, 5.41) is 7.63. The summed E-state index contributed by atoms with van der Waals surface area (Å²) >= 11 is 0. The van der Waals surface area contributed by atoms with E-state index in [1.807, 2.05) is 0 Å². The molecule has 0 bridgehead atoms. The number of alkyl halides is 1. The molecule has 1 atom stereocenters. The molecule has 2 amide bonds. The monoisotopic (exact) mass is 406 g/mol. The molecule has 2 heterocycles. The van der Waals surface area contributed by atoms with E-state index < -0.39 is 20.8 Å². The number of nitrogens with one attached hydrogen (secondary N) is 1. The minimum atomic E-state index is -4.15. The van der Waals surface area contributed by atoms with Gasteiger partial charge in [0.25, 0.3) is 0 Å². The van der Waals surface area contributed by atoms with Crippen molar-refractivity contribution < 1.29 is 17.6 Å². The lowest BCUT2D eigenvalue weighted by Gasteiger charge is -2.37. The minimum absolute atomic E-state index is 0.0112. The third-order valence-corrected chi connectivity index (χ3v) is 7.43. The number of likely N-dealkylation sites (tertiary alicyclic amines) is 1. The number of halogens is 1. The lowest BCUT2D eigenvalue weighted by molar-refractivity contribution is 0.117. The van der Waals surface area contributed by atoms with Gasteiger partial charge in [0, 0.05) is 19.0 Å². The van der Waals surface area contributed by atoms with Crippen LogP contribution in [0.3, 0.4) is 0 Å². The van der Waals surface area contributed by atoms with Crippen LogP contribution in [0.1, 0.15) is 25.3 Å². The number of sulfone groups is 1. The first kappa shape index (κ1) is 20.2. The van der Waals surface area contributed by atoms with Gasteiger partial charge in [-0.2, -0.15) is 10.2 Å². The number of piperidine rings is 1. The summed E-state index contributed by atoms with van der Waals surface area (Å²) in [6, 6.07) is 7.58. The van der Waals surface area contributed by atoms with Crippen LogP contribution in [-0.2, 0) is 9.84 Å². The zero-order valence-corrected chi connectivity index (χ0v) is 16.6. The van der Waals surface area contributed by atoms with Crippen molar-refractivity contribution in [2.75, 3.05) is 18.4 Å². The van der Waals surface area contributed by atoms with Gasteiger partial charge in [0.2, 0.25) is 14.8 Å². The molecule has 1 aromatic carbocycles. The zero-order valence-electron chi connectivity index (χ0n) is 15.8. The normalized spacial score (nSPS) is 17.8. The Kier molecular flexibility index (Phi) is 5.64.